The van der Waals surface area contributed by atoms with Crippen molar-refractivity contribution < 1.29 is 0 Å². The number of rotatable bonds is 6. The van der Waals surface area contributed by atoms with Crippen molar-refractivity contribution in [2.45, 2.75) is 12.8 Å². The molecule has 0 saturated carbocycles. The second-order valence-electron chi connectivity index (χ2n) is 5.79. The summed E-state index contributed by atoms with van der Waals surface area (Å²) in [7, 11) is 0. The monoisotopic (exact) mass is 314 g/mol. The molecule has 3 aromatic carbocycles. The molecule has 0 amide bonds. The molecule has 3 rings (SSSR count). The van der Waals surface area contributed by atoms with E-state index in [2.05, 4.69) is 41.3 Å². The summed E-state index contributed by atoms with van der Waals surface area (Å²) in [4.78, 5) is 2.10. The Labute approximate surface area is 143 Å². The van der Waals surface area contributed by atoms with Crippen LogP contribution in [0.25, 0.3) is 0 Å². The summed E-state index contributed by atoms with van der Waals surface area (Å²) in [5.74, 6) is 0.551. The number of anilines is 1. The van der Waals surface area contributed by atoms with E-state index in [0.29, 0.717) is 5.84 Å². The molecule has 0 saturated heterocycles. The van der Waals surface area contributed by atoms with E-state index in [4.69, 9.17) is 5.41 Å². The number of aryl methyl sites for hydroxylation is 1. The van der Waals surface area contributed by atoms with Crippen LogP contribution in [0, 0.1) is 5.41 Å². The Hall–Kier alpha value is -2.87. The molecule has 1 N–H and O–H groups in total. The first-order valence-electron chi connectivity index (χ1n) is 8.35. The molecule has 2 nitrogen and oxygen atoms in total. The van der Waals surface area contributed by atoms with Crippen LogP contribution < -0.4 is 4.90 Å². The quantitative estimate of drug-likeness (QED) is 0.494. The van der Waals surface area contributed by atoms with Crippen LogP contribution in [0.3, 0.4) is 0 Å². The van der Waals surface area contributed by atoms with Crippen LogP contribution in [0.15, 0.2) is 91.0 Å². The molecule has 0 unspecified atom stereocenters. The second-order valence-corrected chi connectivity index (χ2v) is 5.79. The minimum absolute atomic E-state index is 0.551. The third kappa shape index (κ3) is 4.11. The summed E-state index contributed by atoms with van der Waals surface area (Å²) in [6.45, 7) is 0.826. The molecule has 0 aliphatic heterocycles. The lowest BCUT2D eigenvalue weighted by atomic mass is 10.1. The molecule has 3 aromatic rings. The van der Waals surface area contributed by atoms with E-state index >= 15 is 0 Å². The number of hydrogen-bond acceptors (Lipinski definition) is 1. The number of para-hydroxylation sites is 1. The van der Waals surface area contributed by atoms with Gasteiger partial charge in [0.25, 0.3) is 0 Å². The predicted octanol–water partition coefficient (Wildman–Crippen LogP) is 5.15. The highest BCUT2D eigenvalue weighted by Crippen LogP contribution is 2.18. The zero-order valence-corrected chi connectivity index (χ0v) is 13.7. The highest BCUT2D eigenvalue weighted by Gasteiger charge is 2.13. The third-order valence-corrected chi connectivity index (χ3v) is 4.08. The Balaban J connectivity index is 1.74. The minimum atomic E-state index is 0.551. The van der Waals surface area contributed by atoms with Crippen LogP contribution in [-0.2, 0) is 6.42 Å². The second kappa shape index (κ2) is 8.11. The standard InChI is InChI=1S/C22H22N2/c23-22(20-14-6-2-7-15-20)24(21-16-8-3-9-17-21)18-10-13-19-11-4-1-5-12-19/h1-9,11-12,14-17,23H,10,13,18H2. The maximum absolute atomic E-state index is 8.63. The SMILES string of the molecule is N=C(c1ccccc1)N(CCCc1ccccc1)c1ccccc1. The van der Waals surface area contributed by atoms with Crippen molar-refractivity contribution in [3.05, 3.63) is 102 Å². The fraction of sp³-hybridized carbons (Fsp3) is 0.136. The van der Waals surface area contributed by atoms with Crippen LogP contribution in [0.2, 0.25) is 0 Å². The van der Waals surface area contributed by atoms with Crippen molar-refractivity contribution >= 4 is 11.5 Å². The maximum atomic E-state index is 8.63. The summed E-state index contributed by atoms with van der Waals surface area (Å²) in [6, 6.07) is 30.7. The summed E-state index contributed by atoms with van der Waals surface area (Å²) >= 11 is 0. The molecule has 0 atom stereocenters. The van der Waals surface area contributed by atoms with Gasteiger partial charge in [0.15, 0.2) is 0 Å². The fourth-order valence-electron chi connectivity index (χ4n) is 2.82. The van der Waals surface area contributed by atoms with E-state index in [0.717, 1.165) is 30.6 Å². The smallest absolute Gasteiger partial charge is 0.132 e. The molecule has 120 valence electrons. The average Bonchev–Trinajstić information content (AvgIpc) is 2.67. The number of hydrogen-bond donors (Lipinski definition) is 1. The first kappa shape index (κ1) is 16.0. The van der Waals surface area contributed by atoms with Crippen molar-refractivity contribution in [1.29, 1.82) is 5.41 Å². The van der Waals surface area contributed by atoms with Gasteiger partial charge in [-0.25, -0.2) is 0 Å². The normalized spacial score (nSPS) is 10.3. The molecule has 24 heavy (non-hydrogen) atoms. The van der Waals surface area contributed by atoms with Crippen LogP contribution in [-0.4, -0.2) is 12.4 Å². The summed E-state index contributed by atoms with van der Waals surface area (Å²) in [6.07, 6.45) is 2.03. The Bertz CT molecular complexity index is 752. The van der Waals surface area contributed by atoms with Crippen LogP contribution in [0.4, 0.5) is 5.69 Å². The Kier molecular flexibility index (Phi) is 5.41. The van der Waals surface area contributed by atoms with E-state index in [1.165, 1.54) is 5.56 Å². The highest BCUT2D eigenvalue weighted by molar-refractivity contribution is 6.07. The lowest BCUT2D eigenvalue weighted by Gasteiger charge is -2.25. The number of nitrogens with one attached hydrogen (secondary N) is 1. The van der Waals surface area contributed by atoms with E-state index in [1.54, 1.807) is 0 Å². The molecule has 0 fully saturated rings. The first-order valence-corrected chi connectivity index (χ1v) is 8.35. The van der Waals surface area contributed by atoms with Crippen molar-refractivity contribution in [3.8, 4) is 0 Å². The van der Waals surface area contributed by atoms with Gasteiger partial charge in [0.2, 0.25) is 0 Å². The fourth-order valence-corrected chi connectivity index (χ4v) is 2.82. The Morgan fingerprint density at radius 1 is 0.708 bits per heavy atom. The molecular formula is C22H22N2. The van der Waals surface area contributed by atoms with Gasteiger partial charge >= 0.3 is 0 Å². The van der Waals surface area contributed by atoms with Gasteiger partial charge in [-0.05, 0) is 30.5 Å². The zero-order chi connectivity index (χ0) is 16.6. The maximum Gasteiger partial charge on any atom is 0.132 e. The summed E-state index contributed by atoms with van der Waals surface area (Å²) in [5, 5.41) is 8.63. The van der Waals surface area contributed by atoms with Crippen molar-refractivity contribution in [1.82, 2.24) is 0 Å². The van der Waals surface area contributed by atoms with Gasteiger partial charge in [0.05, 0.1) is 0 Å². The zero-order valence-electron chi connectivity index (χ0n) is 13.7. The third-order valence-electron chi connectivity index (χ3n) is 4.08. The van der Waals surface area contributed by atoms with Gasteiger partial charge in [-0.15, -0.1) is 0 Å². The van der Waals surface area contributed by atoms with Gasteiger partial charge < -0.3 is 4.90 Å². The molecular weight excluding hydrogens is 292 g/mol. The number of nitrogens with zero attached hydrogens (tertiary/aromatic N) is 1. The van der Waals surface area contributed by atoms with Crippen molar-refractivity contribution in [2.24, 2.45) is 0 Å². The topological polar surface area (TPSA) is 27.1 Å². The molecule has 0 aromatic heterocycles. The number of amidine groups is 1. The minimum Gasteiger partial charge on any atom is -0.326 e. The number of benzene rings is 3. The average molecular weight is 314 g/mol. The molecule has 0 aliphatic rings. The molecule has 0 aliphatic carbocycles. The van der Waals surface area contributed by atoms with Crippen LogP contribution in [0.5, 0.6) is 0 Å². The van der Waals surface area contributed by atoms with Gasteiger partial charge in [-0.1, -0.05) is 78.9 Å². The highest BCUT2D eigenvalue weighted by atomic mass is 15.2. The molecule has 0 heterocycles. The summed E-state index contributed by atoms with van der Waals surface area (Å²) in [5.41, 5.74) is 3.36. The van der Waals surface area contributed by atoms with Gasteiger partial charge in [0.1, 0.15) is 5.84 Å². The van der Waals surface area contributed by atoms with E-state index in [9.17, 15) is 0 Å². The van der Waals surface area contributed by atoms with E-state index < -0.39 is 0 Å². The van der Waals surface area contributed by atoms with Crippen LogP contribution in [0.1, 0.15) is 17.5 Å². The van der Waals surface area contributed by atoms with Crippen molar-refractivity contribution in [3.63, 3.8) is 0 Å². The Morgan fingerprint density at radius 2 is 1.25 bits per heavy atom. The summed E-state index contributed by atoms with van der Waals surface area (Å²) < 4.78 is 0. The van der Waals surface area contributed by atoms with Crippen molar-refractivity contribution in [2.75, 3.05) is 11.4 Å². The molecule has 0 spiro atoms. The largest absolute Gasteiger partial charge is 0.326 e. The molecule has 0 bridgehead atoms. The lowest BCUT2D eigenvalue weighted by Crippen LogP contribution is -2.32. The van der Waals surface area contributed by atoms with Gasteiger partial charge in [0, 0.05) is 17.8 Å². The lowest BCUT2D eigenvalue weighted by molar-refractivity contribution is 0.816. The first-order chi connectivity index (χ1) is 11.8. The van der Waals surface area contributed by atoms with Gasteiger partial charge in [-0.2, -0.15) is 0 Å². The van der Waals surface area contributed by atoms with E-state index in [1.807, 2.05) is 54.6 Å². The Morgan fingerprint density at radius 3 is 1.88 bits per heavy atom. The van der Waals surface area contributed by atoms with Gasteiger partial charge in [-0.3, -0.25) is 5.41 Å². The van der Waals surface area contributed by atoms with E-state index in [-0.39, 0.29) is 0 Å². The molecule has 2 heteroatoms. The predicted molar refractivity (Wildman–Crippen MR) is 102 cm³/mol. The van der Waals surface area contributed by atoms with Crippen LogP contribution >= 0.6 is 0 Å². The molecule has 0 radical (unpaired) electrons.